The van der Waals surface area contributed by atoms with Crippen LogP contribution in [0.3, 0.4) is 0 Å². The SMILES string of the molecule is CN(C)c1ccc(/C=C(\NC(=O)c2ccccc2)C(=O)Nc2ccc(C(=O)/C=C/c3ccsc3)cc2)cc1. The number of thiophene rings is 1. The van der Waals surface area contributed by atoms with E-state index in [1.165, 1.54) is 6.08 Å². The van der Waals surface area contributed by atoms with Gasteiger partial charge in [-0.15, -0.1) is 0 Å². The number of hydrogen-bond acceptors (Lipinski definition) is 5. The molecule has 6 nitrogen and oxygen atoms in total. The number of ketones is 1. The lowest BCUT2D eigenvalue weighted by Crippen LogP contribution is -2.30. The molecule has 2 amide bonds. The molecule has 0 aliphatic rings. The molecule has 2 N–H and O–H groups in total. The van der Waals surface area contributed by atoms with Crippen molar-refractivity contribution in [1.29, 1.82) is 0 Å². The van der Waals surface area contributed by atoms with E-state index in [2.05, 4.69) is 10.6 Å². The maximum atomic E-state index is 13.2. The van der Waals surface area contributed by atoms with Crippen LogP contribution in [0.2, 0.25) is 0 Å². The van der Waals surface area contributed by atoms with Crippen molar-refractivity contribution in [1.82, 2.24) is 5.32 Å². The van der Waals surface area contributed by atoms with E-state index in [1.807, 2.05) is 66.2 Å². The summed E-state index contributed by atoms with van der Waals surface area (Å²) in [6, 6.07) is 24.9. The quantitative estimate of drug-likeness (QED) is 0.205. The summed E-state index contributed by atoms with van der Waals surface area (Å²) in [7, 11) is 3.89. The molecule has 0 fully saturated rings. The van der Waals surface area contributed by atoms with Crippen LogP contribution in [0.1, 0.15) is 31.8 Å². The standard InChI is InChI=1S/C31H27N3O3S/c1-34(2)27-15-8-22(9-16-27)20-28(33-30(36)25-6-4-3-5-7-25)31(37)32-26-13-11-24(12-14-26)29(35)17-10-23-18-19-38-21-23/h3-21H,1-2H3,(H,32,37)(H,33,36)/b17-10+,28-20-. The molecular weight excluding hydrogens is 494 g/mol. The molecule has 0 spiro atoms. The van der Waals surface area contributed by atoms with Crippen molar-refractivity contribution in [3.63, 3.8) is 0 Å². The van der Waals surface area contributed by atoms with Crippen molar-refractivity contribution in [3.05, 3.63) is 130 Å². The van der Waals surface area contributed by atoms with Crippen LogP contribution in [0, 0.1) is 0 Å². The van der Waals surface area contributed by atoms with E-state index in [-0.39, 0.29) is 11.5 Å². The number of carbonyl (C=O) groups excluding carboxylic acids is 3. The van der Waals surface area contributed by atoms with Crippen molar-refractivity contribution in [2.45, 2.75) is 0 Å². The number of nitrogens with zero attached hydrogens (tertiary/aromatic N) is 1. The first-order chi connectivity index (χ1) is 18.4. The maximum absolute atomic E-state index is 13.2. The molecule has 0 saturated carbocycles. The highest BCUT2D eigenvalue weighted by Gasteiger charge is 2.15. The third kappa shape index (κ3) is 7.15. The Hall–Kier alpha value is -4.75. The molecule has 3 aromatic carbocycles. The predicted octanol–water partition coefficient (Wildman–Crippen LogP) is 6.12. The Bertz CT molecular complexity index is 1460. The van der Waals surface area contributed by atoms with Crippen LogP contribution < -0.4 is 15.5 Å². The summed E-state index contributed by atoms with van der Waals surface area (Å²) in [4.78, 5) is 40.5. The Morgan fingerprint density at radius 2 is 1.50 bits per heavy atom. The monoisotopic (exact) mass is 521 g/mol. The molecule has 0 aliphatic carbocycles. The summed E-state index contributed by atoms with van der Waals surface area (Å²) >= 11 is 1.57. The highest BCUT2D eigenvalue weighted by atomic mass is 32.1. The number of rotatable bonds is 9. The molecule has 0 bridgehead atoms. The average Bonchev–Trinajstić information content (AvgIpc) is 3.46. The predicted molar refractivity (Wildman–Crippen MR) is 155 cm³/mol. The maximum Gasteiger partial charge on any atom is 0.272 e. The summed E-state index contributed by atoms with van der Waals surface area (Å²) in [5, 5.41) is 9.46. The number of hydrogen-bond donors (Lipinski definition) is 2. The van der Waals surface area contributed by atoms with Gasteiger partial charge in [-0.1, -0.05) is 36.4 Å². The largest absolute Gasteiger partial charge is 0.378 e. The van der Waals surface area contributed by atoms with E-state index >= 15 is 0 Å². The summed E-state index contributed by atoms with van der Waals surface area (Å²) in [5.74, 6) is -1.01. The van der Waals surface area contributed by atoms with Crippen LogP contribution >= 0.6 is 11.3 Å². The molecule has 1 heterocycles. The molecule has 0 saturated heterocycles. The van der Waals surface area contributed by atoms with E-state index in [1.54, 1.807) is 72.0 Å². The first-order valence-electron chi connectivity index (χ1n) is 11.9. The van der Waals surface area contributed by atoms with E-state index in [4.69, 9.17) is 0 Å². The zero-order valence-electron chi connectivity index (χ0n) is 21.0. The van der Waals surface area contributed by atoms with E-state index in [9.17, 15) is 14.4 Å². The lowest BCUT2D eigenvalue weighted by Gasteiger charge is -2.13. The fourth-order valence-corrected chi connectivity index (χ4v) is 4.16. The van der Waals surface area contributed by atoms with Gasteiger partial charge in [-0.05, 0) is 88.6 Å². The number of carbonyl (C=O) groups is 3. The summed E-state index contributed by atoms with van der Waals surface area (Å²) < 4.78 is 0. The molecule has 7 heteroatoms. The fraction of sp³-hybridized carbons (Fsp3) is 0.0645. The lowest BCUT2D eigenvalue weighted by atomic mass is 10.1. The second-order valence-corrected chi connectivity index (χ2v) is 9.43. The number of allylic oxidation sites excluding steroid dienone is 1. The van der Waals surface area contributed by atoms with Gasteiger partial charge in [0, 0.05) is 36.6 Å². The molecule has 0 aliphatic heterocycles. The Labute approximate surface area is 225 Å². The van der Waals surface area contributed by atoms with Gasteiger partial charge < -0.3 is 15.5 Å². The van der Waals surface area contributed by atoms with Gasteiger partial charge in [0.1, 0.15) is 5.70 Å². The lowest BCUT2D eigenvalue weighted by molar-refractivity contribution is -0.113. The Morgan fingerprint density at radius 3 is 2.13 bits per heavy atom. The second-order valence-electron chi connectivity index (χ2n) is 8.65. The van der Waals surface area contributed by atoms with Crippen LogP contribution in [-0.2, 0) is 4.79 Å². The van der Waals surface area contributed by atoms with Gasteiger partial charge in [0.15, 0.2) is 5.78 Å². The molecule has 190 valence electrons. The molecule has 1 aromatic heterocycles. The van der Waals surface area contributed by atoms with Crippen molar-refractivity contribution in [2.24, 2.45) is 0 Å². The topological polar surface area (TPSA) is 78.5 Å². The normalized spacial score (nSPS) is 11.3. The average molecular weight is 522 g/mol. The number of amides is 2. The molecule has 4 aromatic rings. The molecule has 38 heavy (non-hydrogen) atoms. The Kier molecular flexibility index (Phi) is 8.64. The van der Waals surface area contributed by atoms with Crippen LogP contribution in [0.5, 0.6) is 0 Å². The van der Waals surface area contributed by atoms with Gasteiger partial charge in [-0.25, -0.2) is 0 Å². The number of benzene rings is 3. The third-order valence-corrected chi connectivity index (χ3v) is 6.35. The Morgan fingerprint density at radius 1 is 0.789 bits per heavy atom. The molecule has 0 unspecified atom stereocenters. The van der Waals surface area contributed by atoms with Crippen LogP contribution in [0.4, 0.5) is 11.4 Å². The zero-order chi connectivity index (χ0) is 26.9. The van der Waals surface area contributed by atoms with Crippen molar-refractivity contribution in [3.8, 4) is 0 Å². The van der Waals surface area contributed by atoms with Gasteiger partial charge in [0.25, 0.3) is 11.8 Å². The molecule has 0 radical (unpaired) electrons. The summed E-state index contributed by atoms with van der Waals surface area (Å²) in [6.07, 6.45) is 4.92. The van der Waals surface area contributed by atoms with Gasteiger partial charge in [-0.3, -0.25) is 14.4 Å². The van der Waals surface area contributed by atoms with E-state index in [0.29, 0.717) is 16.8 Å². The first-order valence-corrected chi connectivity index (χ1v) is 12.8. The summed E-state index contributed by atoms with van der Waals surface area (Å²) in [5.41, 5.74) is 4.27. The summed E-state index contributed by atoms with van der Waals surface area (Å²) in [6.45, 7) is 0. The second kappa shape index (κ2) is 12.5. The van der Waals surface area contributed by atoms with Crippen LogP contribution in [-0.4, -0.2) is 31.7 Å². The van der Waals surface area contributed by atoms with E-state index in [0.717, 1.165) is 16.8 Å². The molecule has 4 rings (SSSR count). The van der Waals surface area contributed by atoms with Crippen molar-refractivity contribution >= 4 is 52.5 Å². The third-order valence-electron chi connectivity index (χ3n) is 5.65. The number of nitrogens with one attached hydrogen (secondary N) is 2. The minimum atomic E-state index is -0.484. The molecular formula is C31H27N3O3S. The number of anilines is 2. The zero-order valence-corrected chi connectivity index (χ0v) is 21.9. The van der Waals surface area contributed by atoms with Crippen LogP contribution in [0.25, 0.3) is 12.2 Å². The molecule has 0 atom stereocenters. The van der Waals surface area contributed by atoms with Gasteiger partial charge >= 0.3 is 0 Å². The van der Waals surface area contributed by atoms with Gasteiger partial charge in [-0.2, -0.15) is 11.3 Å². The minimum Gasteiger partial charge on any atom is -0.378 e. The van der Waals surface area contributed by atoms with Gasteiger partial charge in [0.2, 0.25) is 0 Å². The highest BCUT2D eigenvalue weighted by Crippen LogP contribution is 2.17. The minimum absolute atomic E-state index is 0.0929. The van der Waals surface area contributed by atoms with Crippen LogP contribution in [0.15, 0.2) is 107 Å². The Balaban J connectivity index is 1.51. The van der Waals surface area contributed by atoms with Crippen molar-refractivity contribution in [2.75, 3.05) is 24.3 Å². The smallest absolute Gasteiger partial charge is 0.272 e. The van der Waals surface area contributed by atoms with Gasteiger partial charge in [0.05, 0.1) is 0 Å². The highest BCUT2D eigenvalue weighted by molar-refractivity contribution is 7.08. The van der Waals surface area contributed by atoms with Crippen molar-refractivity contribution < 1.29 is 14.4 Å². The fourth-order valence-electron chi connectivity index (χ4n) is 3.53. The first kappa shape index (κ1) is 26.3. The van der Waals surface area contributed by atoms with E-state index < -0.39 is 11.8 Å².